The van der Waals surface area contributed by atoms with Crippen LogP contribution in [0.2, 0.25) is 0 Å². The summed E-state index contributed by atoms with van der Waals surface area (Å²) >= 11 is 1.76. The Balaban J connectivity index is 2.10. The highest BCUT2D eigenvalue weighted by Crippen LogP contribution is 2.19. The van der Waals surface area contributed by atoms with Crippen LogP contribution in [0, 0.1) is 10.8 Å². The first kappa shape index (κ1) is 13.2. The van der Waals surface area contributed by atoms with Gasteiger partial charge in [-0.05, 0) is 17.9 Å². The monoisotopic (exact) mass is 240 g/mol. The zero-order chi connectivity index (χ0) is 12.0. The summed E-state index contributed by atoms with van der Waals surface area (Å²) in [5.41, 5.74) is 5.24. The van der Waals surface area contributed by atoms with Gasteiger partial charge in [-0.25, -0.2) is 0 Å². The second-order valence-corrected chi connectivity index (χ2v) is 5.52. The Bertz CT molecular complexity index is 320. The summed E-state index contributed by atoms with van der Waals surface area (Å²) < 4.78 is 5.55. The first-order chi connectivity index (χ1) is 7.52. The van der Waals surface area contributed by atoms with Gasteiger partial charge in [0.1, 0.15) is 0 Å². The standard InChI is InChI=1S/C12H20N2OS/c1-12(2,11(13)14)6-8-15-7-5-10-4-3-9-16-10/h3-4,9H,5-8H2,1-2H3,(H3,13,14). The normalized spacial score (nSPS) is 11.6. The summed E-state index contributed by atoms with van der Waals surface area (Å²) in [6, 6.07) is 4.17. The first-order valence-corrected chi connectivity index (χ1v) is 6.35. The van der Waals surface area contributed by atoms with E-state index in [-0.39, 0.29) is 11.3 Å². The molecule has 0 atom stereocenters. The number of amidine groups is 1. The van der Waals surface area contributed by atoms with E-state index in [4.69, 9.17) is 15.9 Å². The molecule has 0 saturated carbocycles. The highest BCUT2D eigenvalue weighted by Gasteiger charge is 2.20. The third-order valence-corrected chi connectivity index (χ3v) is 3.61. The van der Waals surface area contributed by atoms with Gasteiger partial charge in [-0.1, -0.05) is 19.9 Å². The minimum atomic E-state index is -0.247. The minimum absolute atomic E-state index is 0.231. The maximum absolute atomic E-state index is 7.42. The predicted molar refractivity (Wildman–Crippen MR) is 69.2 cm³/mol. The molecule has 1 aromatic rings. The fraction of sp³-hybridized carbons (Fsp3) is 0.583. The van der Waals surface area contributed by atoms with Crippen LogP contribution in [-0.4, -0.2) is 19.0 Å². The van der Waals surface area contributed by atoms with Crippen molar-refractivity contribution in [2.45, 2.75) is 26.7 Å². The number of nitrogens with one attached hydrogen (secondary N) is 1. The molecule has 0 radical (unpaired) electrons. The Hall–Kier alpha value is -0.870. The Morgan fingerprint density at radius 1 is 1.50 bits per heavy atom. The van der Waals surface area contributed by atoms with Gasteiger partial charge in [0.15, 0.2) is 0 Å². The van der Waals surface area contributed by atoms with Crippen molar-refractivity contribution in [1.82, 2.24) is 0 Å². The second-order valence-electron chi connectivity index (χ2n) is 4.49. The molecule has 0 aliphatic carbocycles. The SMILES string of the molecule is CC(C)(CCOCCc1cccs1)C(=N)N. The fourth-order valence-corrected chi connectivity index (χ4v) is 1.88. The predicted octanol–water partition coefficient (Wildman–Crippen LogP) is 2.66. The number of hydrogen-bond donors (Lipinski definition) is 2. The van der Waals surface area contributed by atoms with E-state index in [9.17, 15) is 0 Å². The van der Waals surface area contributed by atoms with Gasteiger partial charge in [0, 0.05) is 23.3 Å². The highest BCUT2D eigenvalue weighted by molar-refractivity contribution is 7.09. The molecule has 0 aliphatic heterocycles. The Morgan fingerprint density at radius 3 is 2.81 bits per heavy atom. The van der Waals surface area contributed by atoms with E-state index in [1.54, 1.807) is 11.3 Å². The summed E-state index contributed by atoms with van der Waals surface area (Å²) in [5, 5.41) is 9.49. The van der Waals surface area contributed by atoms with Crippen LogP contribution in [0.3, 0.4) is 0 Å². The van der Waals surface area contributed by atoms with Crippen molar-refractivity contribution in [1.29, 1.82) is 5.41 Å². The summed E-state index contributed by atoms with van der Waals surface area (Å²) in [6.07, 6.45) is 1.77. The van der Waals surface area contributed by atoms with Crippen LogP contribution in [0.15, 0.2) is 17.5 Å². The van der Waals surface area contributed by atoms with Gasteiger partial charge in [0.25, 0.3) is 0 Å². The lowest BCUT2D eigenvalue weighted by Gasteiger charge is -2.22. The van der Waals surface area contributed by atoms with Crippen LogP contribution in [0.1, 0.15) is 25.1 Å². The van der Waals surface area contributed by atoms with Gasteiger partial charge in [-0.15, -0.1) is 11.3 Å². The second kappa shape index (κ2) is 6.01. The van der Waals surface area contributed by atoms with Crippen molar-refractivity contribution >= 4 is 17.2 Å². The van der Waals surface area contributed by atoms with Crippen LogP contribution in [0.5, 0.6) is 0 Å². The number of thiophene rings is 1. The number of rotatable bonds is 7. The molecule has 0 fully saturated rings. The Morgan fingerprint density at radius 2 is 2.25 bits per heavy atom. The maximum atomic E-state index is 7.42. The lowest BCUT2D eigenvalue weighted by molar-refractivity contribution is 0.119. The van der Waals surface area contributed by atoms with E-state index in [1.807, 2.05) is 13.8 Å². The van der Waals surface area contributed by atoms with E-state index in [1.165, 1.54) is 4.88 Å². The molecule has 0 aliphatic rings. The van der Waals surface area contributed by atoms with Gasteiger partial charge in [0.05, 0.1) is 12.4 Å². The van der Waals surface area contributed by atoms with Crippen molar-refractivity contribution < 1.29 is 4.74 Å². The van der Waals surface area contributed by atoms with Gasteiger partial charge in [0.2, 0.25) is 0 Å². The molecule has 0 spiro atoms. The lowest BCUT2D eigenvalue weighted by Crippen LogP contribution is -2.32. The zero-order valence-electron chi connectivity index (χ0n) is 9.95. The van der Waals surface area contributed by atoms with Crippen molar-refractivity contribution in [3.63, 3.8) is 0 Å². The van der Waals surface area contributed by atoms with Crippen LogP contribution >= 0.6 is 11.3 Å². The minimum Gasteiger partial charge on any atom is -0.387 e. The van der Waals surface area contributed by atoms with Crippen molar-refractivity contribution in [3.05, 3.63) is 22.4 Å². The first-order valence-electron chi connectivity index (χ1n) is 5.47. The molecule has 0 bridgehead atoms. The third kappa shape index (κ3) is 4.33. The van der Waals surface area contributed by atoms with Gasteiger partial charge < -0.3 is 10.5 Å². The van der Waals surface area contributed by atoms with Crippen LogP contribution in [0.25, 0.3) is 0 Å². The third-order valence-electron chi connectivity index (χ3n) is 2.67. The number of ether oxygens (including phenoxy) is 1. The molecule has 0 unspecified atom stereocenters. The van der Waals surface area contributed by atoms with Crippen LogP contribution in [-0.2, 0) is 11.2 Å². The molecule has 16 heavy (non-hydrogen) atoms. The van der Waals surface area contributed by atoms with E-state index in [0.29, 0.717) is 6.61 Å². The summed E-state index contributed by atoms with van der Waals surface area (Å²) in [7, 11) is 0. The number of nitrogens with two attached hydrogens (primary N) is 1. The summed E-state index contributed by atoms with van der Waals surface area (Å²) in [6.45, 7) is 5.35. The van der Waals surface area contributed by atoms with Gasteiger partial charge in [-0.2, -0.15) is 0 Å². The van der Waals surface area contributed by atoms with Gasteiger partial charge >= 0.3 is 0 Å². The quantitative estimate of drug-likeness (QED) is 0.437. The van der Waals surface area contributed by atoms with Crippen molar-refractivity contribution in [2.24, 2.45) is 11.1 Å². The van der Waals surface area contributed by atoms with E-state index >= 15 is 0 Å². The largest absolute Gasteiger partial charge is 0.387 e. The molecule has 90 valence electrons. The molecule has 3 nitrogen and oxygen atoms in total. The molecular weight excluding hydrogens is 220 g/mol. The topological polar surface area (TPSA) is 59.1 Å². The van der Waals surface area contributed by atoms with Crippen molar-refractivity contribution in [2.75, 3.05) is 13.2 Å². The average Bonchev–Trinajstić information content (AvgIpc) is 2.69. The van der Waals surface area contributed by atoms with Crippen LogP contribution < -0.4 is 5.73 Å². The highest BCUT2D eigenvalue weighted by atomic mass is 32.1. The molecule has 0 amide bonds. The van der Waals surface area contributed by atoms with Crippen LogP contribution in [0.4, 0.5) is 0 Å². The Kier molecular flexibility index (Phi) is 4.96. The molecule has 1 heterocycles. The Labute approximate surface area is 101 Å². The average molecular weight is 240 g/mol. The molecular formula is C12H20N2OS. The van der Waals surface area contributed by atoms with Gasteiger partial charge in [-0.3, -0.25) is 5.41 Å². The molecule has 3 N–H and O–H groups in total. The molecule has 1 aromatic heterocycles. The maximum Gasteiger partial charge on any atom is 0.0963 e. The summed E-state index contributed by atoms with van der Waals surface area (Å²) in [5.74, 6) is 0.231. The zero-order valence-corrected chi connectivity index (χ0v) is 10.8. The molecule has 0 aromatic carbocycles. The fourth-order valence-electron chi connectivity index (χ4n) is 1.19. The van der Waals surface area contributed by atoms with E-state index < -0.39 is 0 Å². The van der Waals surface area contributed by atoms with E-state index in [2.05, 4.69) is 17.5 Å². The lowest BCUT2D eigenvalue weighted by atomic mass is 9.89. The van der Waals surface area contributed by atoms with E-state index in [0.717, 1.165) is 19.4 Å². The molecule has 1 rings (SSSR count). The van der Waals surface area contributed by atoms with Crippen molar-refractivity contribution in [3.8, 4) is 0 Å². The number of hydrogen-bond acceptors (Lipinski definition) is 3. The smallest absolute Gasteiger partial charge is 0.0963 e. The molecule has 4 heteroatoms. The summed E-state index contributed by atoms with van der Waals surface area (Å²) in [4.78, 5) is 1.35. The molecule has 0 saturated heterocycles.